The molecule has 2 N–H and O–H groups in total. The van der Waals surface area contributed by atoms with Gasteiger partial charge in [-0.05, 0) is 51.3 Å². The van der Waals surface area contributed by atoms with E-state index >= 15 is 0 Å². The van der Waals surface area contributed by atoms with E-state index in [1.807, 2.05) is 20.8 Å². The molecule has 2 rings (SSSR count). The van der Waals surface area contributed by atoms with Gasteiger partial charge in [-0.1, -0.05) is 27.2 Å². The smallest absolute Gasteiger partial charge is 0.407 e. The van der Waals surface area contributed by atoms with Crippen molar-refractivity contribution in [2.45, 2.75) is 73.1 Å². The van der Waals surface area contributed by atoms with Gasteiger partial charge in [-0.2, -0.15) is 0 Å². The number of anilines is 1. The van der Waals surface area contributed by atoms with Crippen LogP contribution in [0.15, 0.2) is 23.0 Å². The summed E-state index contributed by atoms with van der Waals surface area (Å²) in [6.07, 6.45) is 2.16. The van der Waals surface area contributed by atoms with Gasteiger partial charge in [-0.3, -0.25) is 9.52 Å². The second-order valence-corrected chi connectivity index (χ2v) is 11.5. The lowest BCUT2D eigenvalue weighted by Crippen LogP contribution is -2.35. The summed E-state index contributed by atoms with van der Waals surface area (Å²) in [6, 6.07) is 4.74. The zero-order valence-corrected chi connectivity index (χ0v) is 22.0. The van der Waals surface area contributed by atoms with Crippen molar-refractivity contribution in [1.29, 1.82) is 0 Å². The Bertz CT molecular complexity index is 1180. The number of benzene rings is 1. The summed E-state index contributed by atoms with van der Waals surface area (Å²) < 4.78 is 39.1. The number of nitrogens with zero attached hydrogens (tertiary/aromatic N) is 1. The minimum atomic E-state index is -3.51. The molecular weight excluding hydrogens is 458 g/mol. The van der Waals surface area contributed by atoms with Gasteiger partial charge in [0.15, 0.2) is 0 Å². The molecule has 0 saturated carbocycles. The SMILES string of the molecule is CCCCOc1c(CNC(=O)OC(C)(C)C)n(CC(C)C)c(=O)c2ccc(NS(C)(=O)=O)cc12. The number of nitrogens with one attached hydrogen (secondary N) is 2. The molecule has 0 aliphatic rings. The predicted molar refractivity (Wildman–Crippen MR) is 135 cm³/mol. The first kappa shape index (κ1) is 27.5. The number of sulfonamides is 1. The van der Waals surface area contributed by atoms with E-state index < -0.39 is 21.7 Å². The fourth-order valence-corrected chi connectivity index (χ4v) is 3.98. The summed E-state index contributed by atoms with van der Waals surface area (Å²) in [4.78, 5) is 25.8. The number of alkyl carbamates (subject to hydrolysis) is 1. The van der Waals surface area contributed by atoms with Crippen LogP contribution >= 0.6 is 0 Å². The molecule has 1 aromatic heterocycles. The van der Waals surface area contributed by atoms with Gasteiger partial charge < -0.3 is 19.4 Å². The van der Waals surface area contributed by atoms with Gasteiger partial charge in [-0.15, -0.1) is 0 Å². The zero-order valence-electron chi connectivity index (χ0n) is 21.1. The summed E-state index contributed by atoms with van der Waals surface area (Å²) in [7, 11) is -3.51. The normalized spacial score (nSPS) is 12.1. The van der Waals surface area contributed by atoms with Crippen LogP contribution in [0, 0.1) is 5.92 Å². The largest absolute Gasteiger partial charge is 0.491 e. The van der Waals surface area contributed by atoms with Crippen molar-refractivity contribution in [2.75, 3.05) is 17.6 Å². The van der Waals surface area contributed by atoms with Crippen LogP contribution in [0.5, 0.6) is 5.75 Å². The molecule has 1 heterocycles. The number of carbonyl (C=O) groups excluding carboxylic acids is 1. The minimum Gasteiger partial charge on any atom is -0.491 e. The summed E-state index contributed by atoms with van der Waals surface area (Å²) in [6.45, 7) is 12.2. The molecule has 9 nitrogen and oxygen atoms in total. The third-order valence-corrected chi connectivity index (χ3v) is 5.33. The lowest BCUT2D eigenvalue weighted by atomic mass is 10.1. The Hall–Kier alpha value is -2.75. The molecule has 0 spiro atoms. The Morgan fingerprint density at radius 1 is 1.18 bits per heavy atom. The Labute approximate surface area is 201 Å². The highest BCUT2D eigenvalue weighted by atomic mass is 32.2. The number of pyridine rings is 1. The number of unbranched alkanes of at least 4 members (excludes halogenated alkanes) is 1. The maximum atomic E-state index is 13.5. The van der Waals surface area contributed by atoms with Crippen LogP contribution in [-0.4, -0.2) is 37.5 Å². The highest BCUT2D eigenvalue weighted by Crippen LogP contribution is 2.31. The molecule has 0 aliphatic carbocycles. The maximum Gasteiger partial charge on any atom is 0.407 e. The van der Waals surface area contributed by atoms with Crippen LogP contribution in [0.1, 0.15) is 60.1 Å². The number of rotatable bonds is 10. The van der Waals surface area contributed by atoms with E-state index in [1.54, 1.807) is 43.5 Å². The number of hydrogen-bond acceptors (Lipinski definition) is 6. The Kier molecular flexibility index (Phi) is 8.99. The van der Waals surface area contributed by atoms with E-state index in [1.165, 1.54) is 0 Å². The van der Waals surface area contributed by atoms with Crippen LogP contribution < -0.4 is 20.3 Å². The van der Waals surface area contributed by atoms with E-state index in [4.69, 9.17) is 9.47 Å². The molecule has 0 aliphatic heterocycles. The molecule has 0 fully saturated rings. The standard InChI is InChI=1S/C24H37N3O6S/c1-8-9-12-32-21-19-13-17(26-34(7,30)31)10-11-18(19)22(28)27(15-16(2)3)20(21)14-25-23(29)33-24(4,5)6/h10-11,13,16,26H,8-9,12,14-15H2,1-7H3,(H,25,29). The third kappa shape index (κ3) is 7.93. The van der Waals surface area contributed by atoms with Gasteiger partial charge in [0.25, 0.3) is 5.56 Å². The molecule has 10 heteroatoms. The first-order valence-electron chi connectivity index (χ1n) is 11.5. The fraction of sp³-hybridized carbons (Fsp3) is 0.583. The Balaban J connectivity index is 2.70. The molecule has 1 amide bonds. The number of carbonyl (C=O) groups is 1. The average molecular weight is 496 g/mol. The molecule has 34 heavy (non-hydrogen) atoms. The van der Waals surface area contributed by atoms with Gasteiger partial charge in [0.2, 0.25) is 10.0 Å². The number of amides is 1. The van der Waals surface area contributed by atoms with Crippen molar-refractivity contribution in [3.05, 3.63) is 34.2 Å². The summed E-state index contributed by atoms with van der Waals surface area (Å²) >= 11 is 0. The Morgan fingerprint density at radius 3 is 2.41 bits per heavy atom. The summed E-state index contributed by atoms with van der Waals surface area (Å²) in [5.74, 6) is 0.599. The van der Waals surface area contributed by atoms with Crippen LogP contribution in [0.4, 0.5) is 10.5 Å². The van der Waals surface area contributed by atoms with Gasteiger partial charge in [-0.25, -0.2) is 13.2 Å². The molecule has 0 atom stereocenters. The van der Waals surface area contributed by atoms with E-state index in [-0.39, 0.29) is 18.0 Å². The molecule has 0 unspecified atom stereocenters. The van der Waals surface area contributed by atoms with Crippen LogP contribution in [0.2, 0.25) is 0 Å². The van der Waals surface area contributed by atoms with Gasteiger partial charge in [0.1, 0.15) is 11.4 Å². The highest BCUT2D eigenvalue weighted by Gasteiger charge is 2.22. The van der Waals surface area contributed by atoms with E-state index in [0.29, 0.717) is 41.1 Å². The lowest BCUT2D eigenvalue weighted by Gasteiger charge is -2.23. The first-order chi connectivity index (χ1) is 15.7. The second-order valence-electron chi connectivity index (χ2n) is 9.78. The number of fused-ring (bicyclic) bond motifs is 1. The number of hydrogen-bond donors (Lipinski definition) is 2. The lowest BCUT2D eigenvalue weighted by molar-refractivity contribution is 0.0521. The van der Waals surface area contributed by atoms with Crippen molar-refractivity contribution in [1.82, 2.24) is 9.88 Å². The third-order valence-electron chi connectivity index (χ3n) is 4.72. The van der Waals surface area contributed by atoms with Crippen LogP contribution in [0.3, 0.4) is 0 Å². The Morgan fingerprint density at radius 2 is 1.85 bits per heavy atom. The number of ether oxygens (including phenoxy) is 2. The van der Waals surface area contributed by atoms with Gasteiger partial charge >= 0.3 is 6.09 Å². The number of aromatic nitrogens is 1. The highest BCUT2D eigenvalue weighted by molar-refractivity contribution is 7.92. The van der Waals surface area contributed by atoms with E-state index in [2.05, 4.69) is 10.0 Å². The molecule has 0 radical (unpaired) electrons. The van der Waals surface area contributed by atoms with Crippen molar-refractivity contribution in [3.8, 4) is 5.75 Å². The quantitative estimate of drug-likeness (QED) is 0.477. The van der Waals surface area contributed by atoms with E-state index in [0.717, 1.165) is 19.1 Å². The molecular formula is C24H37N3O6S. The molecule has 1 aromatic carbocycles. The van der Waals surface area contributed by atoms with Crippen molar-refractivity contribution in [2.24, 2.45) is 5.92 Å². The van der Waals surface area contributed by atoms with Crippen molar-refractivity contribution < 1.29 is 22.7 Å². The summed E-state index contributed by atoms with van der Waals surface area (Å²) in [5.41, 5.74) is -0.0805. The molecule has 0 saturated heterocycles. The maximum absolute atomic E-state index is 13.5. The van der Waals surface area contributed by atoms with Crippen molar-refractivity contribution >= 4 is 32.6 Å². The predicted octanol–water partition coefficient (Wildman–Crippen LogP) is 4.23. The van der Waals surface area contributed by atoms with Gasteiger partial charge in [0, 0.05) is 17.6 Å². The minimum absolute atomic E-state index is 0.0119. The van der Waals surface area contributed by atoms with Crippen LogP contribution in [-0.2, 0) is 27.8 Å². The summed E-state index contributed by atoms with van der Waals surface area (Å²) in [5, 5.41) is 3.62. The topological polar surface area (TPSA) is 116 Å². The molecule has 0 bridgehead atoms. The van der Waals surface area contributed by atoms with Gasteiger partial charge in [0.05, 0.1) is 30.5 Å². The molecule has 190 valence electrons. The fourth-order valence-electron chi connectivity index (χ4n) is 3.43. The second kappa shape index (κ2) is 11.1. The molecule has 2 aromatic rings. The monoisotopic (exact) mass is 495 g/mol. The average Bonchev–Trinajstić information content (AvgIpc) is 2.67. The zero-order chi connectivity index (χ0) is 25.7. The van der Waals surface area contributed by atoms with E-state index in [9.17, 15) is 18.0 Å². The van der Waals surface area contributed by atoms with Crippen LogP contribution in [0.25, 0.3) is 10.8 Å². The van der Waals surface area contributed by atoms with Crippen molar-refractivity contribution in [3.63, 3.8) is 0 Å². The first-order valence-corrected chi connectivity index (χ1v) is 13.4.